The monoisotopic (exact) mass is 491 g/mol. The van der Waals surface area contributed by atoms with Crippen LogP contribution >= 0.6 is 27.7 Å². The van der Waals surface area contributed by atoms with Gasteiger partial charge in [0.15, 0.2) is 6.61 Å². The lowest BCUT2D eigenvalue weighted by molar-refractivity contribution is -0.124. The first kappa shape index (κ1) is 24.0. The van der Waals surface area contributed by atoms with Gasteiger partial charge in [0.05, 0.1) is 12.0 Å². The van der Waals surface area contributed by atoms with Gasteiger partial charge in [0.2, 0.25) is 5.91 Å². The fraction of sp³-hybridized carbons (Fsp3) is 0.318. The van der Waals surface area contributed by atoms with Crippen molar-refractivity contribution in [2.24, 2.45) is 5.10 Å². The highest BCUT2D eigenvalue weighted by Gasteiger charge is 2.13. The van der Waals surface area contributed by atoms with Crippen LogP contribution < -0.4 is 15.5 Å². The smallest absolute Gasteiger partial charge is 0.258 e. The van der Waals surface area contributed by atoms with Crippen molar-refractivity contribution < 1.29 is 14.3 Å². The molecule has 0 aliphatic heterocycles. The van der Waals surface area contributed by atoms with Gasteiger partial charge in [-0.3, -0.25) is 9.59 Å². The molecular weight excluding hydrogens is 466 g/mol. The van der Waals surface area contributed by atoms with Crippen LogP contribution in [0.1, 0.15) is 31.9 Å². The van der Waals surface area contributed by atoms with E-state index in [-0.39, 0.29) is 24.0 Å². The summed E-state index contributed by atoms with van der Waals surface area (Å²) in [7, 11) is 0. The van der Waals surface area contributed by atoms with Crippen molar-refractivity contribution in [3.8, 4) is 5.75 Å². The maximum absolute atomic E-state index is 11.9. The molecule has 2 rings (SSSR count). The maximum Gasteiger partial charge on any atom is 0.258 e. The lowest BCUT2D eigenvalue weighted by atomic mass is 10.1. The lowest BCUT2D eigenvalue weighted by Crippen LogP contribution is -2.43. The molecule has 0 saturated heterocycles. The largest absolute Gasteiger partial charge is 0.484 e. The topological polar surface area (TPSA) is 79.8 Å². The van der Waals surface area contributed by atoms with E-state index in [1.807, 2.05) is 45.0 Å². The van der Waals surface area contributed by atoms with Crippen LogP contribution in [0.15, 0.2) is 58.1 Å². The minimum atomic E-state index is -0.289. The van der Waals surface area contributed by atoms with E-state index in [0.717, 1.165) is 21.4 Å². The second-order valence-corrected chi connectivity index (χ2v) is 9.47. The summed E-state index contributed by atoms with van der Waals surface area (Å²) in [5.41, 5.74) is 4.20. The average molecular weight is 492 g/mol. The number of thioether (sulfide) groups is 1. The van der Waals surface area contributed by atoms with Crippen LogP contribution in [-0.2, 0) is 15.3 Å². The van der Waals surface area contributed by atoms with Gasteiger partial charge in [0.1, 0.15) is 5.75 Å². The fourth-order valence-electron chi connectivity index (χ4n) is 2.35. The molecule has 8 heteroatoms. The Bertz CT molecular complexity index is 880. The number of nitrogens with one attached hydrogen (secondary N) is 2. The van der Waals surface area contributed by atoms with Crippen LogP contribution in [0.25, 0.3) is 0 Å². The second kappa shape index (κ2) is 11.8. The Morgan fingerprint density at radius 3 is 2.53 bits per heavy atom. The molecular formula is C22H26BrN3O3S. The standard InChI is InChI=1S/C22H26BrN3O3S/c1-22(2,3)25-20(27)13-29-19-9-7-16(8-10-19)12-24-26-21(28)15-30-14-17-5-4-6-18(23)11-17/h4-12H,13-15H2,1-3H3,(H,25,27)(H,26,28)/b24-12-. The van der Waals surface area contributed by atoms with Crippen LogP contribution in [0, 0.1) is 0 Å². The molecule has 2 N–H and O–H groups in total. The van der Waals surface area contributed by atoms with E-state index in [2.05, 4.69) is 31.8 Å². The van der Waals surface area contributed by atoms with E-state index in [0.29, 0.717) is 11.5 Å². The minimum Gasteiger partial charge on any atom is -0.484 e. The third-order valence-corrected chi connectivity index (χ3v) is 5.06. The summed E-state index contributed by atoms with van der Waals surface area (Å²) in [6.07, 6.45) is 1.56. The lowest BCUT2D eigenvalue weighted by Gasteiger charge is -2.20. The van der Waals surface area contributed by atoms with Crippen LogP contribution in [0.3, 0.4) is 0 Å². The molecule has 0 spiro atoms. The number of nitrogens with zero attached hydrogens (tertiary/aromatic N) is 1. The normalized spacial score (nSPS) is 11.3. The van der Waals surface area contributed by atoms with Crippen molar-refractivity contribution in [2.45, 2.75) is 32.1 Å². The predicted molar refractivity (Wildman–Crippen MR) is 126 cm³/mol. The molecule has 2 amide bonds. The van der Waals surface area contributed by atoms with Crippen LogP contribution in [0.2, 0.25) is 0 Å². The molecule has 30 heavy (non-hydrogen) atoms. The van der Waals surface area contributed by atoms with Crippen molar-refractivity contribution in [1.29, 1.82) is 0 Å². The van der Waals surface area contributed by atoms with E-state index in [4.69, 9.17) is 4.74 Å². The van der Waals surface area contributed by atoms with Gasteiger partial charge in [-0.25, -0.2) is 5.43 Å². The fourth-order valence-corrected chi connectivity index (χ4v) is 3.57. The van der Waals surface area contributed by atoms with E-state index < -0.39 is 0 Å². The molecule has 0 fully saturated rings. The molecule has 0 heterocycles. The highest BCUT2D eigenvalue weighted by atomic mass is 79.9. The highest BCUT2D eigenvalue weighted by Crippen LogP contribution is 2.17. The van der Waals surface area contributed by atoms with Gasteiger partial charge in [0.25, 0.3) is 5.91 Å². The van der Waals surface area contributed by atoms with Crippen molar-refractivity contribution >= 4 is 45.7 Å². The third kappa shape index (κ3) is 9.93. The molecule has 160 valence electrons. The SMILES string of the molecule is CC(C)(C)NC(=O)COc1ccc(/C=N\NC(=O)CSCc2cccc(Br)c2)cc1. The Balaban J connectivity index is 1.69. The number of hydrogen-bond acceptors (Lipinski definition) is 5. The summed E-state index contributed by atoms with van der Waals surface area (Å²) in [6.45, 7) is 5.70. The molecule has 0 unspecified atom stereocenters. The van der Waals surface area contributed by atoms with Gasteiger partial charge in [-0.2, -0.15) is 5.10 Å². The Morgan fingerprint density at radius 2 is 1.87 bits per heavy atom. The number of benzene rings is 2. The van der Waals surface area contributed by atoms with Gasteiger partial charge in [-0.1, -0.05) is 28.1 Å². The van der Waals surface area contributed by atoms with Crippen molar-refractivity contribution in [1.82, 2.24) is 10.7 Å². The highest BCUT2D eigenvalue weighted by molar-refractivity contribution is 9.10. The Morgan fingerprint density at radius 1 is 1.13 bits per heavy atom. The molecule has 0 bridgehead atoms. The number of carbonyl (C=O) groups is 2. The summed E-state index contributed by atoms with van der Waals surface area (Å²) in [6, 6.07) is 15.1. The summed E-state index contributed by atoms with van der Waals surface area (Å²) in [5.74, 6) is 1.34. The first-order valence-corrected chi connectivity index (χ1v) is 11.3. The first-order chi connectivity index (χ1) is 14.2. The third-order valence-electron chi connectivity index (χ3n) is 3.56. The molecule has 0 aliphatic carbocycles. The maximum atomic E-state index is 11.9. The molecule has 0 aliphatic rings. The van der Waals surface area contributed by atoms with Gasteiger partial charge in [-0.05, 0) is 68.3 Å². The zero-order valence-electron chi connectivity index (χ0n) is 17.3. The van der Waals surface area contributed by atoms with Crippen LogP contribution in [-0.4, -0.2) is 35.9 Å². The van der Waals surface area contributed by atoms with Crippen molar-refractivity contribution in [2.75, 3.05) is 12.4 Å². The first-order valence-electron chi connectivity index (χ1n) is 9.39. The second-order valence-electron chi connectivity index (χ2n) is 7.57. The van der Waals surface area contributed by atoms with Crippen molar-refractivity contribution in [3.05, 3.63) is 64.1 Å². The van der Waals surface area contributed by atoms with Gasteiger partial charge in [0, 0.05) is 15.8 Å². The molecule has 0 aromatic heterocycles. The number of hydrogen-bond donors (Lipinski definition) is 2. The molecule has 2 aromatic rings. The number of amides is 2. The Kier molecular flexibility index (Phi) is 9.39. The number of carbonyl (C=O) groups excluding carboxylic acids is 2. The zero-order chi connectivity index (χ0) is 22.0. The summed E-state index contributed by atoms with van der Waals surface area (Å²) >= 11 is 4.96. The summed E-state index contributed by atoms with van der Waals surface area (Å²) in [5, 5.41) is 6.81. The molecule has 0 atom stereocenters. The molecule has 2 aromatic carbocycles. The van der Waals surface area contributed by atoms with E-state index in [1.165, 1.54) is 11.8 Å². The summed E-state index contributed by atoms with van der Waals surface area (Å²) in [4.78, 5) is 23.7. The van der Waals surface area contributed by atoms with Gasteiger partial charge < -0.3 is 10.1 Å². The molecule has 0 radical (unpaired) electrons. The number of halogens is 1. The Hall–Kier alpha value is -2.32. The quantitative estimate of drug-likeness (QED) is 0.408. The number of rotatable bonds is 9. The number of ether oxygens (including phenoxy) is 1. The predicted octanol–water partition coefficient (Wildman–Crippen LogP) is 4.13. The van der Waals surface area contributed by atoms with Crippen molar-refractivity contribution in [3.63, 3.8) is 0 Å². The van der Waals surface area contributed by atoms with Crippen LogP contribution in [0.5, 0.6) is 5.75 Å². The van der Waals surface area contributed by atoms with E-state index in [1.54, 1.807) is 30.5 Å². The number of hydrazone groups is 1. The van der Waals surface area contributed by atoms with E-state index in [9.17, 15) is 9.59 Å². The Labute approximate surface area is 190 Å². The summed E-state index contributed by atoms with van der Waals surface area (Å²) < 4.78 is 6.49. The average Bonchev–Trinajstić information content (AvgIpc) is 2.66. The van der Waals surface area contributed by atoms with Crippen LogP contribution in [0.4, 0.5) is 0 Å². The van der Waals surface area contributed by atoms with Gasteiger partial charge in [-0.15, -0.1) is 11.8 Å². The zero-order valence-corrected chi connectivity index (χ0v) is 19.7. The van der Waals surface area contributed by atoms with Gasteiger partial charge >= 0.3 is 0 Å². The molecule has 0 saturated carbocycles. The minimum absolute atomic E-state index is 0.0433. The molecule has 6 nitrogen and oxygen atoms in total. The van der Waals surface area contributed by atoms with E-state index >= 15 is 0 Å².